The second-order valence-corrected chi connectivity index (χ2v) is 7.52. The van der Waals surface area contributed by atoms with Crippen LogP contribution in [0.1, 0.15) is 32.6 Å². The molecule has 3 aliphatic heterocycles. The number of piperidine rings is 1. The molecule has 3 aliphatic rings. The Labute approximate surface area is 141 Å². The third-order valence-electron chi connectivity index (χ3n) is 4.50. The molecule has 1 amide bonds. The average molecular weight is 333 g/mol. The molecule has 0 N–H and O–H groups in total. The minimum atomic E-state index is -0.531. The summed E-state index contributed by atoms with van der Waals surface area (Å²) in [6, 6.07) is 9.65. The van der Waals surface area contributed by atoms with E-state index in [0.717, 1.165) is 5.56 Å². The van der Waals surface area contributed by atoms with Crippen LogP contribution in [-0.4, -0.2) is 54.1 Å². The molecule has 0 aliphatic carbocycles. The molecule has 0 radical (unpaired) electrons. The van der Waals surface area contributed by atoms with Crippen molar-refractivity contribution in [1.82, 2.24) is 4.90 Å². The van der Waals surface area contributed by atoms with Crippen molar-refractivity contribution in [2.75, 3.05) is 13.2 Å². The number of ether oxygens (including phenoxy) is 4. The first-order valence-corrected chi connectivity index (χ1v) is 8.39. The van der Waals surface area contributed by atoms with Gasteiger partial charge in [0.1, 0.15) is 23.9 Å². The molecule has 0 unspecified atom stereocenters. The van der Waals surface area contributed by atoms with Crippen LogP contribution in [0.25, 0.3) is 0 Å². The minimum Gasteiger partial charge on any atom is -0.444 e. The highest BCUT2D eigenvalue weighted by Crippen LogP contribution is 2.42. The number of nitrogens with zero attached hydrogens (tertiary/aromatic N) is 1. The maximum absolute atomic E-state index is 12.5. The van der Waals surface area contributed by atoms with Gasteiger partial charge in [0.25, 0.3) is 0 Å². The first kappa shape index (κ1) is 15.9. The first-order valence-electron chi connectivity index (χ1n) is 8.39. The van der Waals surface area contributed by atoms with Gasteiger partial charge in [-0.25, -0.2) is 4.79 Å². The molecule has 0 aromatic heterocycles. The number of benzene rings is 1. The van der Waals surface area contributed by atoms with Crippen molar-refractivity contribution in [3.8, 4) is 0 Å². The fraction of sp³-hybridized carbons (Fsp3) is 0.611. The largest absolute Gasteiger partial charge is 0.444 e. The van der Waals surface area contributed by atoms with Crippen LogP contribution in [0.3, 0.4) is 0 Å². The van der Waals surface area contributed by atoms with Gasteiger partial charge in [0, 0.05) is 5.56 Å². The highest BCUT2D eigenvalue weighted by Gasteiger charge is 2.59. The molecule has 4 rings (SSSR count). The normalized spacial score (nSPS) is 35.0. The molecule has 24 heavy (non-hydrogen) atoms. The lowest BCUT2D eigenvalue weighted by atomic mass is 9.98. The topological polar surface area (TPSA) is 60.5 Å². The Hall–Kier alpha value is -1.63. The summed E-state index contributed by atoms with van der Waals surface area (Å²) in [6.07, 6.45) is -0.861. The van der Waals surface area contributed by atoms with Crippen molar-refractivity contribution in [1.29, 1.82) is 0 Å². The second-order valence-electron chi connectivity index (χ2n) is 7.52. The van der Waals surface area contributed by atoms with Crippen molar-refractivity contribution in [2.45, 2.75) is 57.0 Å². The van der Waals surface area contributed by atoms with Crippen LogP contribution in [0.15, 0.2) is 30.3 Å². The Kier molecular flexibility index (Phi) is 3.78. The number of amides is 1. The Morgan fingerprint density at radius 1 is 1.17 bits per heavy atom. The Morgan fingerprint density at radius 3 is 2.62 bits per heavy atom. The van der Waals surface area contributed by atoms with Gasteiger partial charge in [-0.05, 0) is 20.8 Å². The van der Waals surface area contributed by atoms with Crippen molar-refractivity contribution >= 4 is 6.09 Å². The van der Waals surface area contributed by atoms with E-state index in [9.17, 15) is 4.79 Å². The number of fused-ring (bicyclic) bond motifs is 3. The predicted octanol–water partition coefficient (Wildman–Crippen LogP) is 2.49. The molecule has 0 bridgehead atoms. The van der Waals surface area contributed by atoms with Crippen LogP contribution >= 0.6 is 0 Å². The molecule has 3 heterocycles. The van der Waals surface area contributed by atoms with Crippen LogP contribution < -0.4 is 0 Å². The van der Waals surface area contributed by atoms with Gasteiger partial charge in [-0.15, -0.1) is 0 Å². The van der Waals surface area contributed by atoms with Gasteiger partial charge < -0.3 is 18.9 Å². The zero-order chi connectivity index (χ0) is 16.9. The third kappa shape index (κ3) is 3.01. The van der Waals surface area contributed by atoms with Crippen molar-refractivity contribution < 1.29 is 23.7 Å². The maximum atomic E-state index is 12.5. The second kappa shape index (κ2) is 5.72. The average Bonchev–Trinajstić information content (AvgIpc) is 3.32. The maximum Gasteiger partial charge on any atom is 0.410 e. The first-order chi connectivity index (χ1) is 11.4. The molecule has 6 nitrogen and oxygen atoms in total. The smallest absolute Gasteiger partial charge is 0.410 e. The molecule has 6 heteroatoms. The number of likely N-dealkylation sites (tertiary alicyclic amines) is 1. The number of carbonyl (C=O) groups excluding carboxylic acids is 1. The van der Waals surface area contributed by atoms with Gasteiger partial charge in [-0.1, -0.05) is 30.3 Å². The molecule has 130 valence electrons. The number of epoxide rings is 1. The van der Waals surface area contributed by atoms with Crippen LogP contribution in [0.4, 0.5) is 4.79 Å². The zero-order valence-electron chi connectivity index (χ0n) is 14.2. The van der Waals surface area contributed by atoms with E-state index in [-0.39, 0.29) is 30.4 Å². The Morgan fingerprint density at radius 2 is 1.92 bits per heavy atom. The lowest BCUT2D eigenvalue weighted by molar-refractivity contribution is -0.248. The van der Waals surface area contributed by atoms with Crippen LogP contribution in [0, 0.1) is 0 Å². The van der Waals surface area contributed by atoms with Gasteiger partial charge >= 0.3 is 6.09 Å². The predicted molar refractivity (Wildman–Crippen MR) is 85.4 cm³/mol. The quantitative estimate of drug-likeness (QED) is 0.739. The summed E-state index contributed by atoms with van der Waals surface area (Å²) in [7, 11) is 0. The van der Waals surface area contributed by atoms with E-state index >= 15 is 0 Å². The van der Waals surface area contributed by atoms with E-state index in [1.165, 1.54) is 0 Å². The van der Waals surface area contributed by atoms with Crippen molar-refractivity contribution in [2.24, 2.45) is 0 Å². The highest BCUT2D eigenvalue weighted by molar-refractivity contribution is 5.69. The fourth-order valence-electron chi connectivity index (χ4n) is 3.35. The van der Waals surface area contributed by atoms with E-state index < -0.39 is 11.9 Å². The number of hydrogen-bond donors (Lipinski definition) is 0. The molecule has 3 saturated heterocycles. The van der Waals surface area contributed by atoms with Crippen LogP contribution in [0.2, 0.25) is 0 Å². The van der Waals surface area contributed by atoms with E-state index in [1.807, 2.05) is 51.1 Å². The van der Waals surface area contributed by atoms with E-state index in [1.54, 1.807) is 4.90 Å². The van der Waals surface area contributed by atoms with Gasteiger partial charge in [0.15, 0.2) is 6.29 Å². The van der Waals surface area contributed by atoms with Gasteiger partial charge in [-0.3, -0.25) is 4.90 Å². The summed E-state index contributed by atoms with van der Waals surface area (Å²) >= 11 is 0. The molecular weight excluding hydrogens is 310 g/mol. The van der Waals surface area contributed by atoms with Gasteiger partial charge in [-0.2, -0.15) is 0 Å². The molecular formula is C18H23NO5. The van der Waals surface area contributed by atoms with Crippen molar-refractivity contribution in [3.63, 3.8) is 0 Å². The monoisotopic (exact) mass is 333 g/mol. The molecule has 0 spiro atoms. The SMILES string of the molecule is CC(C)(C)OC(=O)N1C[C@@H]2O[C@@H]2[C@@H]2O[C@@H](c3ccccc3)OC[C@H]21. The molecule has 5 atom stereocenters. The minimum absolute atomic E-state index is 0.0355. The molecule has 3 fully saturated rings. The lowest BCUT2D eigenvalue weighted by Gasteiger charge is -2.44. The molecule has 1 aromatic carbocycles. The number of rotatable bonds is 1. The zero-order valence-corrected chi connectivity index (χ0v) is 14.2. The number of hydrogen-bond acceptors (Lipinski definition) is 5. The Bertz CT molecular complexity index is 614. The van der Waals surface area contributed by atoms with Crippen LogP contribution in [0.5, 0.6) is 0 Å². The lowest BCUT2D eigenvalue weighted by Crippen LogP contribution is -2.60. The molecule has 1 aromatic rings. The summed E-state index contributed by atoms with van der Waals surface area (Å²) in [5.74, 6) is 0. The number of carbonyl (C=O) groups is 1. The van der Waals surface area contributed by atoms with E-state index in [0.29, 0.717) is 13.2 Å². The van der Waals surface area contributed by atoms with Gasteiger partial charge in [0.05, 0.1) is 19.2 Å². The fourth-order valence-corrected chi connectivity index (χ4v) is 3.35. The summed E-state index contributed by atoms with van der Waals surface area (Å²) in [4.78, 5) is 14.2. The summed E-state index contributed by atoms with van der Waals surface area (Å²) in [6.45, 7) is 6.53. The van der Waals surface area contributed by atoms with E-state index in [4.69, 9.17) is 18.9 Å². The standard InChI is InChI=1S/C18H23NO5/c1-18(2,3)24-17(20)19-9-13-15(22-13)14-12(19)10-21-16(23-14)11-7-5-4-6-8-11/h4-8,12-16H,9-10H2,1-3H3/t12-,13+,14-,15+,16+/m1/s1. The van der Waals surface area contributed by atoms with E-state index in [2.05, 4.69) is 0 Å². The highest BCUT2D eigenvalue weighted by atomic mass is 16.7. The van der Waals surface area contributed by atoms with Crippen LogP contribution in [-0.2, 0) is 18.9 Å². The summed E-state index contributed by atoms with van der Waals surface area (Å²) < 4.78 is 23.3. The third-order valence-corrected chi connectivity index (χ3v) is 4.50. The molecule has 0 saturated carbocycles. The van der Waals surface area contributed by atoms with Crippen molar-refractivity contribution in [3.05, 3.63) is 35.9 Å². The Balaban J connectivity index is 1.50. The van der Waals surface area contributed by atoms with Gasteiger partial charge in [0.2, 0.25) is 0 Å². The summed E-state index contributed by atoms with van der Waals surface area (Å²) in [5.41, 5.74) is 0.444. The summed E-state index contributed by atoms with van der Waals surface area (Å²) in [5, 5.41) is 0.